The Morgan fingerprint density at radius 1 is 1.30 bits per heavy atom. The molecule has 0 saturated carbocycles. The number of ether oxygens (including phenoxy) is 2. The van der Waals surface area contributed by atoms with Crippen LogP contribution in [-0.2, 0) is 14.3 Å². The van der Waals surface area contributed by atoms with Gasteiger partial charge in [0.1, 0.15) is 0 Å². The predicted molar refractivity (Wildman–Crippen MR) is 108 cm³/mol. The van der Waals surface area contributed by atoms with Gasteiger partial charge in [0.15, 0.2) is 5.79 Å². The molecule has 144 valence electrons. The topological polar surface area (TPSA) is 64.9 Å². The lowest BCUT2D eigenvalue weighted by Gasteiger charge is -2.20. The lowest BCUT2D eigenvalue weighted by Crippen LogP contribution is -2.33. The third kappa shape index (κ3) is 4.31. The van der Waals surface area contributed by atoms with Gasteiger partial charge in [0, 0.05) is 27.1 Å². The molecule has 1 amide bonds. The number of halogens is 1. The van der Waals surface area contributed by atoms with Crippen LogP contribution in [0.25, 0.3) is 5.69 Å². The SMILES string of the molecule is Cc1cccc(-n2c(C)c(Br)c(/C=N\NC(=O)CC3(C)OCCO3)c2C)c1. The molecule has 1 aromatic carbocycles. The number of amides is 1. The molecule has 0 radical (unpaired) electrons. The molecule has 1 N–H and O–H groups in total. The van der Waals surface area contributed by atoms with Gasteiger partial charge < -0.3 is 14.0 Å². The van der Waals surface area contributed by atoms with Crippen molar-refractivity contribution in [2.24, 2.45) is 5.10 Å². The number of benzene rings is 1. The Morgan fingerprint density at radius 2 is 2.00 bits per heavy atom. The maximum Gasteiger partial charge on any atom is 0.245 e. The summed E-state index contributed by atoms with van der Waals surface area (Å²) < 4.78 is 14.0. The van der Waals surface area contributed by atoms with E-state index in [0.717, 1.165) is 27.1 Å². The number of rotatable bonds is 5. The van der Waals surface area contributed by atoms with E-state index in [2.05, 4.69) is 56.1 Å². The number of nitrogens with zero attached hydrogens (tertiary/aromatic N) is 2. The molecule has 0 atom stereocenters. The zero-order valence-electron chi connectivity index (χ0n) is 16.0. The zero-order valence-corrected chi connectivity index (χ0v) is 17.6. The highest BCUT2D eigenvalue weighted by Crippen LogP contribution is 2.29. The van der Waals surface area contributed by atoms with Crippen LogP contribution in [0, 0.1) is 20.8 Å². The van der Waals surface area contributed by atoms with Gasteiger partial charge >= 0.3 is 0 Å². The second kappa shape index (κ2) is 7.96. The first-order valence-electron chi connectivity index (χ1n) is 8.85. The molecule has 0 spiro atoms. The third-order valence-corrected chi connectivity index (χ3v) is 5.64. The van der Waals surface area contributed by atoms with E-state index < -0.39 is 5.79 Å². The minimum Gasteiger partial charge on any atom is -0.347 e. The molecule has 1 aliphatic heterocycles. The Morgan fingerprint density at radius 3 is 2.67 bits per heavy atom. The smallest absolute Gasteiger partial charge is 0.245 e. The van der Waals surface area contributed by atoms with Crippen LogP contribution >= 0.6 is 15.9 Å². The summed E-state index contributed by atoms with van der Waals surface area (Å²) in [7, 11) is 0. The van der Waals surface area contributed by atoms with Crippen LogP contribution in [0.2, 0.25) is 0 Å². The average Bonchev–Trinajstić information content (AvgIpc) is 3.11. The van der Waals surface area contributed by atoms with Gasteiger partial charge in [-0.25, -0.2) is 5.43 Å². The Bertz CT molecular complexity index is 883. The molecule has 0 aliphatic carbocycles. The summed E-state index contributed by atoms with van der Waals surface area (Å²) >= 11 is 3.65. The van der Waals surface area contributed by atoms with E-state index in [1.807, 2.05) is 19.9 Å². The summed E-state index contributed by atoms with van der Waals surface area (Å²) in [5, 5.41) is 4.12. The predicted octanol–water partition coefficient (Wildman–Crippen LogP) is 3.77. The largest absolute Gasteiger partial charge is 0.347 e. The van der Waals surface area contributed by atoms with E-state index in [-0.39, 0.29) is 12.3 Å². The van der Waals surface area contributed by atoms with Crippen LogP contribution < -0.4 is 5.43 Å². The summed E-state index contributed by atoms with van der Waals surface area (Å²) in [5.74, 6) is -1.11. The van der Waals surface area contributed by atoms with Gasteiger partial charge in [0.25, 0.3) is 0 Å². The number of aromatic nitrogens is 1. The molecule has 27 heavy (non-hydrogen) atoms. The molecule has 7 heteroatoms. The lowest BCUT2D eigenvalue weighted by molar-refractivity contribution is -0.159. The molecule has 1 saturated heterocycles. The molecule has 2 aromatic rings. The van der Waals surface area contributed by atoms with E-state index >= 15 is 0 Å². The number of carbonyl (C=O) groups excluding carboxylic acids is 1. The molecular formula is C20H24BrN3O3. The van der Waals surface area contributed by atoms with Crippen molar-refractivity contribution in [1.82, 2.24) is 9.99 Å². The van der Waals surface area contributed by atoms with Gasteiger partial charge in [-0.3, -0.25) is 4.79 Å². The number of hydrogen-bond acceptors (Lipinski definition) is 4. The molecule has 0 bridgehead atoms. The lowest BCUT2D eigenvalue weighted by atomic mass is 10.2. The molecule has 1 aliphatic rings. The molecule has 2 heterocycles. The van der Waals surface area contributed by atoms with Crippen molar-refractivity contribution >= 4 is 28.1 Å². The van der Waals surface area contributed by atoms with Gasteiger partial charge in [-0.2, -0.15) is 5.10 Å². The van der Waals surface area contributed by atoms with Crippen molar-refractivity contribution in [1.29, 1.82) is 0 Å². The molecule has 0 unspecified atom stereocenters. The van der Waals surface area contributed by atoms with E-state index in [1.54, 1.807) is 13.1 Å². The molecule has 6 nitrogen and oxygen atoms in total. The molecular weight excluding hydrogens is 410 g/mol. The van der Waals surface area contributed by atoms with E-state index in [9.17, 15) is 4.79 Å². The standard InChI is InChI=1S/C20H24BrN3O3/c1-13-6-5-7-16(10-13)24-14(2)17(19(21)15(24)3)12-22-23-18(25)11-20(4)26-8-9-27-20/h5-7,10,12H,8-9,11H2,1-4H3,(H,23,25)/b22-12-. The highest BCUT2D eigenvalue weighted by Gasteiger charge is 2.33. The highest BCUT2D eigenvalue weighted by atomic mass is 79.9. The van der Waals surface area contributed by atoms with Crippen molar-refractivity contribution in [3.63, 3.8) is 0 Å². The van der Waals surface area contributed by atoms with Crippen LogP contribution in [0.5, 0.6) is 0 Å². The summed E-state index contributed by atoms with van der Waals surface area (Å²) in [5.41, 5.74) is 7.89. The third-order valence-electron chi connectivity index (χ3n) is 4.64. The fourth-order valence-corrected chi connectivity index (χ4v) is 3.85. The first kappa shape index (κ1) is 19.8. The van der Waals surface area contributed by atoms with Crippen molar-refractivity contribution in [2.45, 2.75) is 39.9 Å². The van der Waals surface area contributed by atoms with Crippen LogP contribution in [0.15, 0.2) is 33.8 Å². The van der Waals surface area contributed by atoms with Crippen LogP contribution in [-0.4, -0.2) is 35.7 Å². The maximum atomic E-state index is 12.1. The first-order chi connectivity index (χ1) is 12.8. The van der Waals surface area contributed by atoms with E-state index in [0.29, 0.717) is 13.2 Å². The second-order valence-corrected chi connectivity index (χ2v) is 7.67. The van der Waals surface area contributed by atoms with Crippen molar-refractivity contribution in [3.05, 3.63) is 51.3 Å². The number of nitrogens with one attached hydrogen (secondary N) is 1. The molecule has 3 rings (SSSR count). The number of carbonyl (C=O) groups is 1. The van der Waals surface area contributed by atoms with Gasteiger partial charge in [-0.15, -0.1) is 0 Å². The molecule has 1 aromatic heterocycles. The van der Waals surface area contributed by atoms with Crippen LogP contribution in [0.1, 0.15) is 35.9 Å². The Balaban J connectivity index is 1.76. The van der Waals surface area contributed by atoms with Crippen LogP contribution in [0.3, 0.4) is 0 Å². The minimum absolute atomic E-state index is 0.105. The fraction of sp³-hybridized carbons (Fsp3) is 0.400. The van der Waals surface area contributed by atoms with Crippen molar-refractivity contribution < 1.29 is 14.3 Å². The maximum absolute atomic E-state index is 12.1. The normalized spacial score (nSPS) is 16.2. The minimum atomic E-state index is -0.860. The summed E-state index contributed by atoms with van der Waals surface area (Å²) in [6.45, 7) is 8.92. The number of hydrogen-bond donors (Lipinski definition) is 1. The van der Waals surface area contributed by atoms with Gasteiger partial charge in [0.05, 0.1) is 25.8 Å². The number of aryl methyl sites for hydroxylation is 1. The van der Waals surface area contributed by atoms with Gasteiger partial charge in [0.2, 0.25) is 5.91 Å². The highest BCUT2D eigenvalue weighted by molar-refractivity contribution is 9.10. The van der Waals surface area contributed by atoms with Gasteiger partial charge in [-0.1, -0.05) is 12.1 Å². The van der Waals surface area contributed by atoms with Crippen molar-refractivity contribution in [3.8, 4) is 5.69 Å². The summed E-state index contributed by atoms with van der Waals surface area (Å²) in [6, 6.07) is 8.32. The monoisotopic (exact) mass is 433 g/mol. The van der Waals surface area contributed by atoms with Gasteiger partial charge in [-0.05, 0) is 61.3 Å². The van der Waals surface area contributed by atoms with E-state index in [4.69, 9.17) is 9.47 Å². The van der Waals surface area contributed by atoms with Crippen molar-refractivity contribution in [2.75, 3.05) is 13.2 Å². The van der Waals surface area contributed by atoms with Crippen LogP contribution in [0.4, 0.5) is 0 Å². The Kier molecular flexibility index (Phi) is 5.83. The average molecular weight is 434 g/mol. The number of hydrazone groups is 1. The second-order valence-electron chi connectivity index (χ2n) is 6.87. The Hall–Kier alpha value is -1.96. The summed E-state index contributed by atoms with van der Waals surface area (Å²) in [4.78, 5) is 12.1. The zero-order chi connectivity index (χ0) is 19.6. The Labute approximate surface area is 167 Å². The molecule has 1 fully saturated rings. The first-order valence-corrected chi connectivity index (χ1v) is 9.64. The van der Waals surface area contributed by atoms with E-state index in [1.165, 1.54) is 5.56 Å². The summed E-state index contributed by atoms with van der Waals surface area (Å²) in [6.07, 6.45) is 1.77. The quantitative estimate of drug-likeness (QED) is 0.576. The fourth-order valence-electron chi connectivity index (χ4n) is 3.29.